The molecule has 1 aliphatic rings. The Hall–Kier alpha value is -2.03. The predicted octanol–water partition coefficient (Wildman–Crippen LogP) is 3.42. The predicted molar refractivity (Wildman–Crippen MR) is 78.3 cm³/mol. The Morgan fingerprint density at radius 1 is 1.20 bits per heavy atom. The average Bonchev–Trinajstić information content (AvgIpc) is 2.73. The number of benzene rings is 1. The third kappa shape index (κ3) is 2.13. The number of carbonyl (C=O) groups is 1. The molecule has 0 saturated heterocycles. The van der Waals surface area contributed by atoms with Crippen LogP contribution in [0.4, 0.5) is 0 Å². The molecule has 0 bridgehead atoms. The third-order valence-corrected chi connectivity index (χ3v) is 4.23. The maximum absolute atomic E-state index is 11.5. The van der Waals surface area contributed by atoms with Gasteiger partial charge in [-0.05, 0) is 43.7 Å². The Labute approximate surface area is 118 Å². The lowest BCUT2D eigenvalue weighted by molar-refractivity contribution is 0.0694. The van der Waals surface area contributed by atoms with E-state index in [-0.39, 0.29) is 0 Å². The molecule has 0 radical (unpaired) electrons. The van der Waals surface area contributed by atoms with E-state index < -0.39 is 5.97 Å². The minimum atomic E-state index is -0.785. The van der Waals surface area contributed by atoms with Crippen molar-refractivity contribution in [3.05, 3.63) is 58.4 Å². The van der Waals surface area contributed by atoms with Crippen molar-refractivity contribution in [2.24, 2.45) is 0 Å². The molecule has 0 atom stereocenters. The molecule has 1 aliphatic carbocycles. The number of aromatic nitrogens is 1. The van der Waals surface area contributed by atoms with Crippen LogP contribution in [-0.4, -0.2) is 15.6 Å². The topological polar surface area (TPSA) is 42.2 Å². The Bertz CT molecular complexity index is 641. The minimum absolute atomic E-state index is 0.538. The number of hydrogen-bond donors (Lipinski definition) is 1. The Morgan fingerprint density at radius 3 is 2.60 bits per heavy atom. The molecule has 0 spiro atoms. The van der Waals surface area contributed by atoms with E-state index in [4.69, 9.17) is 0 Å². The van der Waals surface area contributed by atoms with Crippen LogP contribution in [0.15, 0.2) is 30.3 Å². The van der Waals surface area contributed by atoms with Gasteiger partial charge < -0.3 is 9.67 Å². The number of rotatable bonds is 3. The standard InChI is InChI=1S/C17H19NO2/c1-12-16(17(19)20)14-9-5-6-10-15(14)18(12)11-13-7-3-2-4-8-13/h2-4,7-8H,5-6,9-11H2,1H3,(H,19,20). The van der Waals surface area contributed by atoms with E-state index >= 15 is 0 Å². The van der Waals surface area contributed by atoms with E-state index in [0.29, 0.717) is 5.56 Å². The normalized spacial score (nSPS) is 14.1. The van der Waals surface area contributed by atoms with Crippen molar-refractivity contribution in [2.45, 2.75) is 39.2 Å². The molecule has 2 aromatic rings. The smallest absolute Gasteiger partial charge is 0.337 e. The summed E-state index contributed by atoms with van der Waals surface area (Å²) in [6.45, 7) is 2.70. The Kier molecular flexibility index (Phi) is 3.35. The summed E-state index contributed by atoms with van der Waals surface area (Å²) in [7, 11) is 0. The van der Waals surface area contributed by atoms with E-state index in [1.807, 2.05) is 25.1 Å². The maximum atomic E-state index is 11.5. The van der Waals surface area contributed by atoms with Gasteiger partial charge in [0.2, 0.25) is 0 Å². The van der Waals surface area contributed by atoms with Gasteiger partial charge in [-0.1, -0.05) is 30.3 Å². The summed E-state index contributed by atoms with van der Waals surface area (Å²) in [5.41, 5.74) is 4.95. The van der Waals surface area contributed by atoms with Crippen molar-refractivity contribution in [1.82, 2.24) is 4.57 Å². The van der Waals surface area contributed by atoms with Gasteiger partial charge in [-0.25, -0.2) is 4.79 Å². The zero-order valence-corrected chi connectivity index (χ0v) is 11.7. The van der Waals surface area contributed by atoms with Gasteiger partial charge in [0, 0.05) is 17.9 Å². The first-order chi connectivity index (χ1) is 9.68. The van der Waals surface area contributed by atoms with Crippen LogP contribution in [0, 0.1) is 6.92 Å². The molecule has 104 valence electrons. The lowest BCUT2D eigenvalue weighted by Gasteiger charge is -2.16. The van der Waals surface area contributed by atoms with Gasteiger partial charge in [0.1, 0.15) is 0 Å². The molecule has 3 heteroatoms. The molecular weight excluding hydrogens is 250 g/mol. The van der Waals surface area contributed by atoms with Crippen LogP contribution in [0.2, 0.25) is 0 Å². The van der Waals surface area contributed by atoms with Gasteiger partial charge >= 0.3 is 5.97 Å². The van der Waals surface area contributed by atoms with E-state index in [9.17, 15) is 9.90 Å². The zero-order chi connectivity index (χ0) is 14.1. The molecule has 0 unspecified atom stereocenters. The molecule has 0 fully saturated rings. The van der Waals surface area contributed by atoms with E-state index in [0.717, 1.165) is 43.5 Å². The summed E-state index contributed by atoms with van der Waals surface area (Å²) < 4.78 is 2.20. The molecule has 3 rings (SSSR count). The molecule has 3 nitrogen and oxygen atoms in total. The third-order valence-electron chi connectivity index (χ3n) is 4.23. The SMILES string of the molecule is Cc1c(C(=O)O)c2c(n1Cc1ccccc1)CCCC2. The van der Waals surface area contributed by atoms with Crippen LogP contribution in [0.3, 0.4) is 0 Å². The first-order valence-corrected chi connectivity index (χ1v) is 7.16. The fourth-order valence-electron chi connectivity index (χ4n) is 3.28. The number of carboxylic acid groups (broad SMARTS) is 1. The van der Waals surface area contributed by atoms with Gasteiger partial charge in [0.25, 0.3) is 0 Å². The van der Waals surface area contributed by atoms with Crippen molar-refractivity contribution in [3.63, 3.8) is 0 Å². The quantitative estimate of drug-likeness (QED) is 0.927. The highest BCUT2D eigenvalue weighted by Gasteiger charge is 2.26. The van der Waals surface area contributed by atoms with Gasteiger partial charge in [-0.15, -0.1) is 0 Å². The lowest BCUT2D eigenvalue weighted by Crippen LogP contribution is -2.10. The highest BCUT2D eigenvalue weighted by atomic mass is 16.4. The van der Waals surface area contributed by atoms with Gasteiger partial charge in [-0.3, -0.25) is 0 Å². The summed E-state index contributed by atoms with van der Waals surface area (Å²) >= 11 is 0. The summed E-state index contributed by atoms with van der Waals surface area (Å²) in [4.78, 5) is 11.5. The number of fused-ring (bicyclic) bond motifs is 1. The molecule has 0 aliphatic heterocycles. The number of hydrogen-bond acceptors (Lipinski definition) is 1. The van der Waals surface area contributed by atoms with Crippen LogP contribution in [0.1, 0.15) is 45.7 Å². The van der Waals surface area contributed by atoms with Crippen LogP contribution >= 0.6 is 0 Å². The van der Waals surface area contributed by atoms with Crippen LogP contribution < -0.4 is 0 Å². The van der Waals surface area contributed by atoms with Crippen LogP contribution in [0.25, 0.3) is 0 Å². The summed E-state index contributed by atoms with van der Waals surface area (Å²) in [6, 6.07) is 10.2. The van der Waals surface area contributed by atoms with Crippen molar-refractivity contribution in [1.29, 1.82) is 0 Å². The molecule has 1 N–H and O–H groups in total. The lowest BCUT2D eigenvalue weighted by atomic mass is 9.94. The molecular formula is C17H19NO2. The second kappa shape index (κ2) is 5.16. The zero-order valence-electron chi connectivity index (χ0n) is 11.7. The van der Waals surface area contributed by atoms with Gasteiger partial charge in [0.15, 0.2) is 0 Å². The van der Waals surface area contributed by atoms with E-state index in [1.54, 1.807) is 0 Å². The second-order valence-corrected chi connectivity index (χ2v) is 5.47. The Balaban J connectivity index is 2.08. The second-order valence-electron chi connectivity index (χ2n) is 5.47. The van der Waals surface area contributed by atoms with Crippen molar-refractivity contribution in [2.75, 3.05) is 0 Å². The molecule has 1 heterocycles. The molecule has 0 saturated carbocycles. The maximum Gasteiger partial charge on any atom is 0.337 e. The first-order valence-electron chi connectivity index (χ1n) is 7.16. The highest BCUT2D eigenvalue weighted by Crippen LogP contribution is 2.30. The summed E-state index contributed by atoms with van der Waals surface area (Å²) in [5, 5.41) is 9.49. The fourth-order valence-corrected chi connectivity index (χ4v) is 3.28. The monoisotopic (exact) mass is 269 g/mol. The summed E-state index contributed by atoms with van der Waals surface area (Å²) in [6.07, 6.45) is 4.16. The largest absolute Gasteiger partial charge is 0.478 e. The Morgan fingerprint density at radius 2 is 1.90 bits per heavy atom. The highest BCUT2D eigenvalue weighted by molar-refractivity contribution is 5.91. The number of carboxylic acids is 1. The first kappa shape index (κ1) is 13.0. The molecule has 0 amide bonds. The molecule has 1 aromatic heterocycles. The number of aromatic carboxylic acids is 1. The average molecular weight is 269 g/mol. The van der Waals surface area contributed by atoms with Gasteiger partial charge in [0.05, 0.1) is 5.56 Å². The van der Waals surface area contributed by atoms with Crippen molar-refractivity contribution < 1.29 is 9.90 Å². The van der Waals surface area contributed by atoms with Crippen molar-refractivity contribution >= 4 is 5.97 Å². The minimum Gasteiger partial charge on any atom is -0.478 e. The summed E-state index contributed by atoms with van der Waals surface area (Å²) in [5.74, 6) is -0.785. The molecule has 1 aromatic carbocycles. The van der Waals surface area contributed by atoms with Gasteiger partial charge in [-0.2, -0.15) is 0 Å². The van der Waals surface area contributed by atoms with E-state index in [2.05, 4.69) is 16.7 Å². The fraction of sp³-hybridized carbons (Fsp3) is 0.353. The molecule has 20 heavy (non-hydrogen) atoms. The van der Waals surface area contributed by atoms with Crippen molar-refractivity contribution in [3.8, 4) is 0 Å². The van der Waals surface area contributed by atoms with E-state index in [1.165, 1.54) is 11.3 Å². The van der Waals surface area contributed by atoms with Crippen LogP contribution in [0.5, 0.6) is 0 Å². The number of nitrogens with zero attached hydrogens (tertiary/aromatic N) is 1. The van der Waals surface area contributed by atoms with Crippen LogP contribution in [-0.2, 0) is 19.4 Å².